The van der Waals surface area contributed by atoms with Crippen molar-refractivity contribution >= 4 is 5.91 Å². The van der Waals surface area contributed by atoms with Crippen LogP contribution in [-0.4, -0.2) is 29.3 Å². The molecular weight excluding hydrogens is 334 g/mol. The Morgan fingerprint density at radius 3 is 2.54 bits per heavy atom. The zero-order chi connectivity index (χ0) is 18.4. The molecule has 134 valence electrons. The number of aromatic nitrogens is 2. The number of para-hydroxylation sites is 2. The fraction of sp³-hybridized carbons (Fsp3) is 0.211. The highest BCUT2D eigenvalue weighted by atomic mass is 16.5. The largest absolute Gasteiger partial charge is 0.493 e. The van der Waals surface area contributed by atoms with Crippen LogP contribution >= 0.6 is 0 Å². The predicted octanol–water partition coefficient (Wildman–Crippen LogP) is 2.83. The summed E-state index contributed by atoms with van der Waals surface area (Å²) < 4.78 is 16.0. The van der Waals surface area contributed by atoms with Gasteiger partial charge < -0.3 is 19.3 Å². The molecule has 1 unspecified atom stereocenters. The molecule has 0 saturated heterocycles. The van der Waals surface area contributed by atoms with Crippen molar-refractivity contribution in [3.8, 4) is 22.9 Å². The number of methoxy groups -OCH3 is 1. The highest BCUT2D eigenvalue weighted by Gasteiger charge is 2.17. The topological polar surface area (TPSA) is 86.5 Å². The van der Waals surface area contributed by atoms with Crippen LogP contribution in [0.5, 0.6) is 11.5 Å². The normalized spacial score (nSPS) is 11.6. The fourth-order valence-electron chi connectivity index (χ4n) is 2.30. The highest BCUT2D eigenvalue weighted by Crippen LogP contribution is 2.26. The maximum atomic E-state index is 12.2. The summed E-state index contributed by atoms with van der Waals surface area (Å²) in [5, 5.41) is 6.63. The molecule has 7 heteroatoms. The molecule has 1 N–H and O–H groups in total. The maximum absolute atomic E-state index is 12.2. The summed E-state index contributed by atoms with van der Waals surface area (Å²) in [7, 11) is 1.55. The van der Waals surface area contributed by atoms with Crippen molar-refractivity contribution < 1.29 is 18.8 Å². The SMILES string of the molecule is COc1ccccc1OC(C)C(=O)NCc1nc(-c2ccccc2)no1. The van der Waals surface area contributed by atoms with Crippen molar-refractivity contribution in [2.45, 2.75) is 19.6 Å². The molecule has 0 aliphatic carbocycles. The molecule has 0 fully saturated rings. The van der Waals surface area contributed by atoms with Gasteiger partial charge in [-0.3, -0.25) is 4.79 Å². The molecule has 0 aliphatic rings. The van der Waals surface area contributed by atoms with E-state index in [1.807, 2.05) is 42.5 Å². The number of nitrogens with zero attached hydrogens (tertiary/aromatic N) is 2. The Kier molecular flexibility index (Phi) is 5.48. The van der Waals surface area contributed by atoms with Crippen LogP contribution in [0.25, 0.3) is 11.4 Å². The number of hydrogen-bond acceptors (Lipinski definition) is 6. The molecule has 3 aromatic rings. The van der Waals surface area contributed by atoms with Crippen LogP contribution in [0.3, 0.4) is 0 Å². The smallest absolute Gasteiger partial charge is 0.261 e. The quantitative estimate of drug-likeness (QED) is 0.703. The predicted molar refractivity (Wildman–Crippen MR) is 94.7 cm³/mol. The van der Waals surface area contributed by atoms with Crippen molar-refractivity contribution in [1.82, 2.24) is 15.5 Å². The summed E-state index contributed by atoms with van der Waals surface area (Å²) in [4.78, 5) is 16.5. The third-order valence-electron chi connectivity index (χ3n) is 3.66. The van der Waals surface area contributed by atoms with Gasteiger partial charge in [-0.15, -0.1) is 0 Å². The number of carbonyl (C=O) groups excluding carboxylic acids is 1. The van der Waals surface area contributed by atoms with Gasteiger partial charge >= 0.3 is 0 Å². The van der Waals surface area contributed by atoms with Crippen molar-refractivity contribution in [3.63, 3.8) is 0 Å². The average Bonchev–Trinajstić information content (AvgIpc) is 3.16. The van der Waals surface area contributed by atoms with E-state index in [0.29, 0.717) is 23.2 Å². The lowest BCUT2D eigenvalue weighted by molar-refractivity contribution is -0.127. The molecular formula is C19H19N3O4. The molecule has 0 bridgehead atoms. The lowest BCUT2D eigenvalue weighted by Gasteiger charge is -2.16. The molecule has 0 aliphatic heterocycles. The Labute approximate surface area is 150 Å². The molecule has 1 aromatic heterocycles. The lowest BCUT2D eigenvalue weighted by Crippen LogP contribution is -2.36. The number of carbonyl (C=O) groups is 1. The highest BCUT2D eigenvalue weighted by molar-refractivity contribution is 5.80. The van der Waals surface area contributed by atoms with Gasteiger partial charge in [-0.25, -0.2) is 0 Å². The Hall–Kier alpha value is -3.35. The number of hydrogen-bond donors (Lipinski definition) is 1. The number of benzene rings is 2. The summed E-state index contributed by atoms with van der Waals surface area (Å²) in [5.41, 5.74) is 0.849. The van der Waals surface area contributed by atoms with Crippen molar-refractivity contribution in [2.75, 3.05) is 7.11 Å². The van der Waals surface area contributed by atoms with E-state index in [1.165, 1.54) is 0 Å². The minimum absolute atomic E-state index is 0.123. The second-order valence-electron chi connectivity index (χ2n) is 5.51. The first-order valence-corrected chi connectivity index (χ1v) is 8.13. The number of ether oxygens (including phenoxy) is 2. The summed E-state index contributed by atoms with van der Waals surface area (Å²) in [6.07, 6.45) is -0.706. The van der Waals surface area contributed by atoms with Crippen LogP contribution in [0, 0.1) is 0 Å². The van der Waals surface area contributed by atoms with E-state index in [0.717, 1.165) is 5.56 Å². The zero-order valence-electron chi connectivity index (χ0n) is 14.5. The first-order chi connectivity index (χ1) is 12.7. The standard InChI is InChI=1S/C19H19N3O4/c1-13(25-16-11-7-6-10-15(16)24-2)19(23)20-12-17-21-18(22-26-17)14-8-4-3-5-9-14/h3-11,13H,12H2,1-2H3,(H,20,23). The van der Waals surface area contributed by atoms with Gasteiger partial charge in [0.15, 0.2) is 17.6 Å². The molecule has 1 amide bonds. The van der Waals surface area contributed by atoms with Crippen LogP contribution < -0.4 is 14.8 Å². The lowest BCUT2D eigenvalue weighted by atomic mass is 10.2. The minimum Gasteiger partial charge on any atom is -0.493 e. The number of nitrogens with one attached hydrogen (secondary N) is 1. The van der Waals surface area contributed by atoms with Crippen LogP contribution in [0.2, 0.25) is 0 Å². The first kappa shape index (κ1) is 17.5. The van der Waals surface area contributed by atoms with Crippen LogP contribution in [0.4, 0.5) is 0 Å². The molecule has 0 saturated carbocycles. The van der Waals surface area contributed by atoms with Gasteiger partial charge in [-0.05, 0) is 19.1 Å². The zero-order valence-corrected chi connectivity index (χ0v) is 14.5. The summed E-state index contributed by atoms with van der Waals surface area (Å²) in [6.45, 7) is 1.78. The van der Waals surface area contributed by atoms with E-state index in [1.54, 1.807) is 26.2 Å². The van der Waals surface area contributed by atoms with Crippen molar-refractivity contribution in [2.24, 2.45) is 0 Å². The van der Waals surface area contributed by atoms with Gasteiger partial charge in [0.05, 0.1) is 13.7 Å². The van der Waals surface area contributed by atoms with Gasteiger partial charge in [0.2, 0.25) is 11.7 Å². The Morgan fingerprint density at radius 2 is 1.81 bits per heavy atom. The number of rotatable bonds is 7. The van der Waals surface area contributed by atoms with Crippen LogP contribution in [-0.2, 0) is 11.3 Å². The molecule has 0 spiro atoms. The van der Waals surface area contributed by atoms with Gasteiger partial charge in [-0.2, -0.15) is 4.98 Å². The van der Waals surface area contributed by atoms with E-state index in [4.69, 9.17) is 14.0 Å². The third kappa shape index (κ3) is 4.18. The molecule has 26 heavy (non-hydrogen) atoms. The summed E-state index contributed by atoms with van der Waals surface area (Å²) in [5.74, 6) is 1.57. The van der Waals surface area contributed by atoms with E-state index in [2.05, 4.69) is 15.5 Å². The van der Waals surface area contributed by atoms with Crippen molar-refractivity contribution in [3.05, 3.63) is 60.5 Å². The molecule has 0 radical (unpaired) electrons. The average molecular weight is 353 g/mol. The first-order valence-electron chi connectivity index (χ1n) is 8.13. The second-order valence-corrected chi connectivity index (χ2v) is 5.51. The van der Waals surface area contributed by atoms with Crippen LogP contribution in [0.1, 0.15) is 12.8 Å². The molecule has 1 atom stereocenters. The Morgan fingerprint density at radius 1 is 1.12 bits per heavy atom. The van der Waals surface area contributed by atoms with Gasteiger partial charge in [0, 0.05) is 5.56 Å². The molecule has 3 rings (SSSR count). The Bertz CT molecular complexity index is 864. The number of amides is 1. The monoisotopic (exact) mass is 353 g/mol. The molecule has 1 heterocycles. The van der Waals surface area contributed by atoms with Gasteiger partial charge in [0.1, 0.15) is 0 Å². The van der Waals surface area contributed by atoms with Crippen molar-refractivity contribution in [1.29, 1.82) is 0 Å². The molecule has 7 nitrogen and oxygen atoms in total. The van der Waals surface area contributed by atoms with E-state index in [9.17, 15) is 4.79 Å². The second kappa shape index (κ2) is 8.15. The summed E-state index contributed by atoms with van der Waals surface area (Å²) in [6, 6.07) is 16.6. The van der Waals surface area contributed by atoms with Crippen LogP contribution in [0.15, 0.2) is 59.1 Å². The van der Waals surface area contributed by atoms with E-state index in [-0.39, 0.29) is 12.5 Å². The maximum Gasteiger partial charge on any atom is 0.261 e. The Balaban J connectivity index is 1.56. The van der Waals surface area contributed by atoms with Gasteiger partial charge in [0.25, 0.3) is 5.91 Å². The van der Waals surface area contributed by atoms with Gasteiger partial charge in [-0.1, -0.05) is 47.6 Å². The summed E-state index contributed by atoms with van der Waals surface area (Å²) >= 11 is 0. The minimum atomic E-state index is -0.706. The molecule has 2 aromatic carbocycles. The fourth-order valence-corrected chi connectivity index (χ4v) is 2.30. The van der Waals surface area contributed by atoms with E-state index >= 15 is 0 Å². The third-order valence-corrected chi connectivity index (χ3v) is 3.66. The van der Waals surface area contributed by atoms with E-state index < -0.39 is 6.10 Å².